The summed E-state index contributed by atoms with van der Waals surface area (Å²) in [4.78, 5) is 0.934. The zero-order valence-electron chi connectivity index (χ0n) is 7.74. The van der Waals surface area contributed by atoms with Crippen LogP contribution in [0.1, 0.15) is 0 Å². The van der Waals surface area contributed by atoms with Gasteiger partial charge in [0.05, 0.1) is 0 Å². The van der Waals surface area contributed by atoms with Gasteiger partial charge in [-0.25, -0.2) is 0 Å². The van der Waals surface area contributed by atoms with Gasteiger partial charge in [-0.2, -0.15) is 0 Å². The zero-order chi connectivity index (χ0) is 10.8. The van der Waals surface area contributed by atoms with Crippen molar-refractivity contribution in [2.45, 2.75) is 4.90 Å². The quantitative estimate of drug-likeness (QED) is 0.685. The molecule has 0 aliphatic carbocycles. The molecule has 0 spiro atoms. The van der Waals surface area contributed by atoms with Gasteiger partial charge >= 0.3 is 0 Å². The van der Waals surface area contributed by atoms with Crippen LogP contribution in [0.2, 0.25) is 10.0 Å². The van der Waals surface area contributed by atoms with Gasteiger partial charge in [0.1, 0.15) is 0 Å². The highest BCUT2D eigenvalue weighted by molar-refractivity contribution is 7.80. The van der Waals surface area contributed by atoms with Crippen molar-refractivity contribution >= 4 is 35.8 Å². The second-order valence-electron chi connectivity index (χ2n) is 3.17. The SMILES string of the molecule is Sc1ccc(-c2ccc(Cl)cc2Cl)cc1. The third-order valence-corrected chi connectivity index (χ3v) is 2.96. The Bertz CT molecular complexity index is 477. The van der Waals surface area contributed by atoms with Gasteiger partial charge in [-0.05, 0) is 29.8 Å². The lowest BCUT2D eigenvalue weighted by atomic mass is 10.1. The molecule has 0 aromatic heterocycles. The Kier molecular flexibility index (Phi) is 3.25. The first-order chi connectivity index (χ1) is 7.16. The fourth-order valence-corrected chi connectivity index (χ4v) is 2.03. The summed E-state index contributed by atoms with van der Waals surface area (Å²) in [6.45, 7) is 0. The summed E-state index contributed by atoms with van der Waals surface area (Å²) in [5.41, 5.74) is 2.05. The van der Waals surface area contributed by atoms with E-state index in [0.29, 0.717) is 10.0 Å². The molecule has 3 heteroatoms. The van der Waals surface area contributed by atoms with Crippen LogP contribution >= 0.6 is 35.8 Å². The smallest absolute Gasteiger partial charge is 0.0499 e. The summed E-state index contributed by atoms with van der Waals surface area (Å²) in [5.74, 6) is 0. The molecular weight excluding hydrogens is 247 g/mol. The maximum atomic E-state index is 6.10. The average Bonchev–Trinajstić information content (AvgIpc) is 2.20. The van der Waals surface area contributed by atoms with E-state index in [-0.39, 0.29) is 0 Å². The van der Waals surface area contributed by atoms with E-state index in [1.807, 2.05) is 36.4 Å². The molecular formula is C12H8Cl2S. The van der Waals surface area contributed by atoms with E-state index in [1.165, 1.54) is 0 Å². The molecule has 0 amide bonds. The summed E-state index contributed by atoms with van der Waals surface area (Å²) >= 11 is 16.2. The number of hydrogen-bond acceptors (Lipinski definition) is 1. The van der Waals surface area contributed by atoms with Gasteiger partial charge in [-0.3, -0.25) is 0 Å². The Morgan fingerprint density at radius 3 is 2.13 bits per heavy atom. The van der Waals surface area contributed by atoms with Crippen LogP contribution in [0.5, 0.6) is 0 Å². The van der Waals surface area contributed by atoms with Crippen molar-refractivity contribution in [3.8, 4) is 11.1 Å². The van der Waals surface area contributed by atoms with E-state index in [0.717, 1.165) is 16.0 Å². The van der Waals surface area contributed by atoms with Gasteiger partial charge < -0.3 is 0 Å². The van der Waals surface area contributed by atoms with Crippen LogP contribution in [-0.4, -0.2) is 0 Å². The minimum absolute atomic E-state index is 0.648. The molecule has 0 fully saturated rings. The lowest BCUT2D eigenvalue weighted by molar-refractivity contribution is 1.47. The molecule has 76 valence electrons. The number of halogens is 2. The van der Waals surface area contributed by atoms with Gasteiger partial charge in [-0.15, -0.1) is 12.6 Å². The number of hydrogen-bond donors (Lipinski definition) is 1. The molecule has 2 aromatic carbocycles. The molecule has 0 atom stereocenters. The van der Waals surface area contributed by atoms with Crippen molar-refractivity contribution in [3.63, 3.8) is 0 Å². The van der Waals surface area contributed by atoms with Crippen molar-refractivity contribution < 1.29 is 0 Å². The third-order valence-electron chi connectivity index (χ3n) is 2.11. The largest absolute Gasteiger partial charge is 0.143 e. The highest BCUT2D eigenvalue weighted by atomic mass is 35.5. The van der Waals surface area contributed by atoms with Crippen molar-refractivity contribution in [1.82, 2.24) is 0 Å². The van der Waals surface area contributed by atoms with E-state index >= 15 is 0 Å². The van der Waals surface area contributed by atoms with Crippen LogP contribution in [0.4, 0.5) is 0 Å². The Morgan fingerprint density at radius 2 is 1.53 bits per heavy atom. The topological polar surface area (TPSA) is 0 Å². The molecule has 0 unspecified atom stereocenters. The molecule has 0 nitrogen and oxygen atoms in total. The first kappa shape index (κ1) is 10.9. The maximum absolute atomic E-state index is 6.10. The molecule has 0 N–H and O–H groups in total. The summed E-state index contributed by atoms with van der Waals surface area (Å²) in [6.07, 6.45) is 0. The molecule has 0 aliphatic rings. The molecule has 15 heavy (non-hydrogen) atoms. The van der Waals surface area contributed by atoms with Gasteiger partial charge in [0, 0.05) is 20.5 Å². The normalized spacial score (nSPS) is 10.3. The van der Waals surface area contributed by atoms with Crippen molar-refractivity contribution in [1.29, 1.82) is 0 Å². The maximum Gasteiger partial charge on any atom is 0.0499 e. The van der Waals surface area contributed by atoms with Crippen molar-refractivity contribution in [2.24, 2.45) is 0 Å². The number of benzene rings is 2. The number of thiol groups is 1. The molecule has 0 aliphatic heterocycles. The van der Waals surface area contributed by atoms with E-state index < -0.39 is 0 Å². The minimum atomic E-state index is 0.648. The molecule has 0 saturated carbocycles. The molecule has 0 heterocycles. The van der Waals surface area contributed by atoms with Crippen LogP contribution in [0.3, 0.4) is 0 Å². The van der Waals surface area contributed by atoms with Gasteiger partial charge in [0.2, 0.25) is 0 Å². The summed E-state index contributed by atoms with van der Waals surface area (Å²) in [5, 5.41) is 1.31. The summed E-state index contributed by atoms with van der Waals surface area (Å²) in [6, 6.07) is 13.3. The summed E-state index contributed by atoms with van der Waals surface area (Å²) < 4.78 is 0. The molecule has 0 radical (unpaired) electrons. The molecule has 2 rings (SSSR count). The van der Waals surface area contributed by atoms with Crippen LogP contribution in [0, 0.1) is 0 Å². The van der Waals surface area contributed by atoms with E-state index in [9.17, 15) is 0 Å². The predicted octanol–water partition coefficient (Wildman–Crippen LogP) is 4.95. The van der Waals surface area contributed by atoms with Gasteiger partial charge in [-0.1, -0.05) is 41.4 Å². The lowest BCUT2D eigenvalue weighted by Crippen LogP contribution is -1.79. The first-order valence-corrected chi connectivity index (χ1v) is 5.61. The van der Waals surface area contributed by atoms with Gasteiger partial charge in [0.25, 0.3) is 0 Å². The average molecular weight is 255 g/mol. The Labute approximate surface area is 104 Å². The van der Waals surface area contributed by atoms with Gasteiger partial charge in [0.15, 0.2) is 0 Å². The monoisotopic (exact) mass is 254 g/mol. The Morgan fingerprint density at radius 1 is 0.867 bits per heavy atom. The first-order valence-electron chi connectivity index (χ1n) is 4.41. The van der Waals surface area contributed by atoms with Crippen molar-refractivity contribution in [2.75, 3.05) is 0 Å². The fraction of sp³-hybridized carbons (Fsp3) is 0. The van der Waals surface area contributed by atoms with E-state index in [1.54, 1.807) is 6.07 Å². The minimum Gasteiger partial charge on any atom is -0.143 e. The van der Waals surface area contributed by atoms with Crippen LogP contribution < -0.4 is 0 Å². The van der Waals surface area contributed by atoms with E-state index in [4.69, 9.17) is 23.2 Å². The zero-order valence-corrected chi connectivity index (χ0v) is 10.2. The Balaban J connectivity index is 2.49. The highest BCUT2D eigenvalue weighted by Gasteiger charge is 2.03. The molecule has 2 aromatic rings. The number of rotatable bonds is 1. The second kappa shape index (κ2) is 4.48. The van der Waals surface area contributed by atoms with Crippen LogP contribution in [-0.2, 0) is 0 Å². The Hall–Kier alpha value is -0.630. The molecule has 0 bridgehead atoms. The van der Waals surface area contributed by atoms with Crippen LogP contribution in [0.25, 0.3) is 11.1 Å². The predicted molar refractivity (Wildman–Crippen MR) is 69.2 cm³/mol. The van der Waals surface area contributed by atoms with Crippen molar-refractivity contribution in [3.05, 3.63) is 52.5 Å². The molecule has 0 saturated heterocycles. The standard InChI is InChI=1S/C12H8Cl2S/c13-9-3-6-11(12(14)7-9)8-1-4-10(15)5-2-8/h1-7,15H. The lowest BCUT2D eigenvalue weighted by Gasteiger charge is -2.04. The van der Waals surface area contributed by atoms with E-state index in [2.05, 4.69) is 12.6 Å². The third kappa shape index (κ3) is 2.49. The second-order valence-corrected chi connectivity index (χ2v) is 4.53. The highest BCUT2D eigenvalue weighted by Crippen LogP contribution is 2.30. The summed E-state index contributed by atoms with van der Waals surface area (Å²) in [7, 11) is 0. The fourth-order valence-electron chi connectivity index (χ4n) is 1.36. The van der Waals surface area contributed by atoms with Crippen LogP contribution in [0.15, 0.2) is 47.4 Å².